The van der Waals surface area contributed by atoms with Gasteiger partial charge in [0.05, 0.1) is 11.9 Å². The first-order chi connectivity index (χ1) is 12.5. The van der Waals surface area contributed by atoms with Crippen molar-refractivity contribution in [1.29, 1.82) is 0 Å². The van der Waals surface area contributed by atoms with Crippen LogP contribution in [0.5, 0.6) is 0 Å². The molecule has 0 fully saturated rings. The number of rotatable bonds is 6. The lowest BCUT2D eigenvalue weighted by atomic mass is 10.1. The van der Waals surface area contributed by atoms with Crippen molar-refractivity contribution in [3.05, 3.63) is 69.8 Å². The monoisotopic (exact) mass is 395 g/mol. The SMILES string of the molecule is Fc1ccc(Nc2cnnc(NCCc3ccc(Cl)cc3Cl)n2)c(F)c1. The zero-order chi connectivity index (χ0) is 18.5. The summed E-state index contributed by atoms with van der Waals surface area (Å²) in [4.78, 5) is 4.19. The summed E-state index contributed by atoms with van der Waals surface area (Å²) < 4.78 is 26.6. The molecule has 5 nitrogen and oxygen atoms in total. The van der Waals surface area contributed by atoms with Gasteiger partial charge >= 0.3 is 0 Å². The highest BCUT2D eigenvalue weighted by Gasteiger charge is 2.07. The molecular weight excluding hydrogens is 383 g/mol. The molecule has 0 atom stereocenters. The Morgan fingerprint density at radius 1 is 1.04 bits per heavy atom. The number of benzene rings is 2. The molecule has 0 spiro atoms. The number of halogens is 4. The molecule has 0 saturated heterocycles. The van der Waals surface area contributed by atoms with Crippen molar-refractivity contribution in [2.45, 2.75) is 6.42 Å². The van der Waals surface area contributed by atoms with E-state index in [1.165, 1.54) is 12.3 Å². The van der Waals surface area contributed by atoms with Gasteiger partial charge in [0, 0.05) is 22.7 Å². The van der Waals surface area contributed by atoms with Crippen LogP contribution >= 0.6 is 23.2 Å². The lowest BCUT2D eigenvalue weighted by Crippen LogP contribution is -2.10. The number of nitrogens with one attached hydrogen (secondary N) is 2. The minimum Gasteiger partial charge on any atom is -0.353 e. The number of hydrogen-bond acceptors (Lipinski definition) is 5. The maximum atomic E-state index is 13.7. The predicted octanol–water partition coefficient (Wildman–Crippen LogP) is 4.85. The molecule has 26 heavy (non-hydrogen) atoms. The van der Waals surface area contributed by atoms with Crippen LogP contribution in [0.4, 0.5) is 26.2 Å². The van der Waals surface area contributed by atoms with Gasteiger partial charge in [0.2, 0.25) is 5.95 Å². The Morgan fingerprint density at radius 2 is 1.88 bits per heavy atom. The second kappa shape index (κ2) is 8.25. The number of hydrogen-bond donors (Lipinski definition) is 2. The normalized spacial score (nSPS) is 10.6. The molecule has 134 valence electrons. The van der Waals surface area contributed by atoms with E-state index in [1.54, 1.807) is 12.1 Å². The highest BCUT2D eigenvalue weighted by atomic mass is 35.5. The lowest BCUT2D eigenvalue weighted by Gasteiger charge is -2.09. The van der Waals surface area contributed by atoms with Gasteiger partial charge in [0.25, 0.3) is 0 Å². The fourth-order valence-electron chi connectivity index (χ4n) is 2.20. The molecule has 0 aliphatic heterocycles. The molecule has 2 N–H and O–H groups in total. The maximum Gasteiger partial charge on any atom is 0.244 e. The molecule has 3 rings (SSSR count). The second-order valence-electron chi connectivity index (χ2n) is 5.33. The standard InChI is InChI=1S/C17H13Cl2F2N5/c18-11-2-1-10(13(19)7-11)5-6-22-17-25-16(9-23-26-17)24-15-4-3-12(20)8-14(15)21/h1-4,7-9H,5-6H2,(H2,22,24,25,26). The molecule has 1 heterocycles. The smallest absolute Gasteiger partial charge is 0.244 e. The van der Waals surface area contributed by atoms with E-state index in [4.69, 9.17) is 23.2 Å². The fourth-order valence-corrected chi connectivity index (χ4v) is 2.70. The molecule has 0 radical (unpaired) electrons. The third kappa shape index (κ3) is 4.77. The predicted molar refractivity (Wildman–Crippen MR) is 98.1 cm³/mol. The summed E-state index contributed by atoms with van der Waals surface area (Å²) in [7, 11) is 0. The van der Waals surface area contributed by atoms with E-state index in [-0.39, 0.29) is 17.5 Å². The zero-order valence-electron chi connectivity index (χ0n) is 13.3. The first-order valence-corrected chi connectivity index (χ1v) is 8.36. The molecule has 3 aromatic rings. The summed E-state index contributed by atoms with van der Waals surface area (Å²) >= 11 is 12.0. The Labute approximate surface area is 158 Å². The molecule has 0 amide bonds. The molecule has 0 unspecified atom stereocenters. The fraction of sp³-hybridized carbons (Fsp3) is 0.118. The number of aromatic nitrogens is 3. The largest absolute Gasteiger partial charge is 0.353 e. The van der Waals surface area contributed by atoms with E-state index >= 15 is 0 Å². The van der Waals surface area contributed by atoms with Crippen LogP contribution in [0.15, 0.2) is 42.6 Å². The van der Waals surface area contributed by atoms with Crippen LogP contribution in [0.1, 0.15) is 5.56 Å². The highest BCUT2D eigenvalue weighted by molar-refractivity contribution is 6.35. The summed E-state index contributed by atoms with van der Waals surface area (Å²) in [5.74, 6) is -0.840. The van der Waals surface area contributed by atoms with Gasteiger partial charge < -0.3 is 10.6 Å². The van der Waals surface area contributed by atoms with Crippen molar-refractivity contribution in [3.63, 3.8) is 0 Å². The van der Waals surface area contributed by atoms with E-state index in [0.29, 0.717) is 23.0 Å². The van der Waals surface area contributed by atoms with Crippen LogP contribution in [0, 0.1) is 11.6 Å². The highest BCUT2D eigenvalue weighted by Crippen LogP contribution is 2.22. The second-order valence-corrected chi connectivity index (χ2v) is 6.17. The van der Waals surface area contributed by atoms with Gasteiger partial charge in [-0.15, -0.1) is 5.10 Å². The van der Waals surface area contributed by atoms with Crippen LogP contribution in [-0.4, -0.2) is 21.7 Å². The Kier molecular flexibility index (Phi) is 5.80. The van der Waals surface area contributed by atoms with E-state index in [0.717, 1.165) is 17.7 Å². The van der Waals surface area contributed by atoms with Gasteiger partial charge in [0.15, 0.2) is 5.82 Å². The molecule has 9 heteroatoms. The van der Waals surface area contributed by atoms with Crippen molar-refractivity contribution in [2.75, 3.05) is 17.2 Å². The van der Waals surface area contributed by atoms with Crippen molar-refractivity contribution in [3.8, 4) is 0 Å². The molecular formula is C17H13Cl2F2N5. The van der Waals surface area contributed by atoms with E-state index in [1.807, 2.05) is 6.07 Å². The van der Waals surface area contributed by atoms with Crippen molar-refractivity contribution in [2.24, 2.45) is 0 Å². The Hall–Kier alpha value is -2.51. The molecule has 0 aliphatic carbocycles. The zero-order valence-corrected chi connectivity index (χ0v) is 14.8. The first-order valence-electron chi connectivity index (χ1n) is 7.61. The maximum absolute atomic E-state index is 13.7. The molecule has 2 aromatic carbocycles. The summed E-state index contributed by atoms with van der Waals surface area (Å²) in [5, 5.41) is 14.6. The molecule has 1 aromatic heterocycles. The number of nitrogens with zero attached hydrogens (tertiary/aromatic N) is 3. The van der Waals surface area contributed by atoms with Gasteiger partial charge in [-0.2, -0.15) is 10.1 Å². The topological polar surface area (TPSA) is 62.7 Å². The summed E-state index contributed by atoms with van der Waals surface area (Å²) in [6.45, 7) is 0.511. The summed E-state index contributed by atoms with van der Waals surface area (Å²) in [5.41, 5.74) is 1.02. The molecule has 0 aliphatic rings. The van der Waals surface area contributed by atoms with Crippen LogP contribution in [-0.2, 0) is 6.42 Å². The van der Waals surface area contributed by atoms with Gasteiger partial charge in [-0.05, 0) is 36.2 Å². The summed E-state index contributed by atoms with van der Waals surface area (Å²) in [6, 6.07) is 8.51. The third-order valence-corrected chi connectivity index (χ3v) is 4.03. The minimum atomic E-state index is -0.726. The van der Waals surface area contributed by atoms with Crippen LogP contribution < -0.4 is 10.6 Å². The van der Waals surface area contributed by atoms with Gasteiger partial charge in [-0.3, -0.25) is 0 Å². The third-order valence-electron chi connectivity index (χ3n) is 3.45. The minimum absolute atomic E-state index is 0.0887. The Morgan fingerprint density at radius 3 is 2.65 bits per heavy atom. The average Bonchev–Trinajstić information content (AvgIpc) is 2.60. The van der Waals surface area contributed by atoms with Gasteiger partial charge in [-0.25, -0.2) is 8.78 Å². The Bertz CT molecular complexity index is 923. The van der Waals surface area contributed by atoms with E-state index < -0.39 is 11.6 Å². The lowest BCUT2D eigenvalue weighted by molar-refractivity contribution is 0.586. The van der Waals surface area contributed by atoms with Gasteiger partial charge in [0.1, 0.15) is 11.6 Å². The van der Waals surface area contributed by atoms with Crippen molar-refractivity contribution in [1.82, 2.24) is 15.2 Å². The van der Waals surface area contributed by atoms with Gasteiger partial charge in [-0.1, -0.05) is 29.3 Å². The number of anilines is 3. The van der Waals surface area contributed by atoms with E-state index in [2.05, 4.69) is 25.8 Å². The van der Waals surface area contributed by atoms with Crippen LogP contribution in [0.25, 0.3) is 0 Å². The van der Waals surface area contributed by atoms with E-state index in [9.17, 15) is 8.78 Å². The molecule has 0 saturated carbocycles. The first kappa shape index (κ1) is 18.3. The summed E-state index contributed by atoms with van der Waals surface area (Å²) in [6.07, 6.45) is 1.97. The quantitative estimate of drug-likeness (QED) is 0.624. The Balaban J connectivity index is 1.62. The van der Waals surface area contributed by atoms with Crippen molar-refractivity contribution < 1.29 is 8.78 Å². The van der Waals surface area contributed by atoms with Crippen LogP contribution in [0.3, 0.4) is 0 Å². The van der Waals surface area contributed by atoms with Crippen molar-refractivity contribution >= 4 is 40.7 Å². The molecule has 0 bridgehead atoms. The van der Waals surface area contributed by atoms with Crippen LogP contribution in [0.2, 0.25) is 10.0 Å². The average molecular weight is 396 g/mol.